The topological polar surface area (TPSA) is 102 Å². The number of hydrogen-bond donors (Lipinski definition) is 2. The summed E-state index contributed by atoms with van der Waals surface area (Å²) in [5.74, 6) is -0.464. The smallest absolute Gasteiger partial charge is 0.252 e. The maximum atomic E-state index is 12.9. The minimum absolute atomic E-state index is 0. The second-order valence-electron chi connectivity index (χ2n) is 6.24. The molecule has 152 valence electrons. The molecule has 2 aromatic rings. The van der Waals surface area contributed by atoms with Gasteiger partial charge in [0.25, 0.3) is 5.91 Å². The number of nitrogens with one attached hydrogen (secondary N) is 1. The maximum Gasteiger partial charge on any atom is 0.252 e. The predicted molar refractivity (Wildman–Crippen MR) is 109 cm³/mol. The lowest BCUT2D eigenvalue weighted by Gasteiger charge is -2.26. The summed E-state index contributed by atoms with van der Waals surface area (Å²) in [5.41, 5.74) is 7.12. The van der Waals surface area contributed by atoms with Crippen molar-refractivity contribution in [3.8, 4) is 0 Å². The Balaban J connectivity index is 0.00000280. The van der Waals surface area contributed by atoms with Crippen LogP contribution in [0, 0.1) is 0 Å². The molecule has 0 bridgehead atoms. The average molecular weight is 426 g/mol. The molecule has 28 heavy (non-hydrogen) atoms. The zero-order valence-electron chi connectivity index (χ0n) is 15.3. The lowest BCUT2D eigenvalue weighted by Crippen LogP contribution is -2.41. The van der Waals surface area contributed by atoms with E-state index < -0.39 is 15.9 Å². The zero-order chi connectivity index (χ0) is 19.3. The van der Waals surface area contributed by atoms with E-state index in [1.165, 1.54) is 16.4 Å². The number of amides is 1. The van der Waals surface area contributed by atoms with Gasteiger partial charge < -0.3 is 15.8 Å². The summed E-state index contributed by atoms with van der Waals surface area (Å²) in [5, 5.41) is 2.74. The average Bonchev–Trinajstić information content (AvgIpc) is 2.73. The minimum Gasteiger partial charge on any atom is -0.379 e. The van der Waals surface area contributed by atoms with Gasteiger partial charge >= 0.3 is 0 Å². The Morgan fingerprint density at radius 1 is 1.07 bits per heavy atom. The van der Waals surface area contributed by atoms with Gasteiger partial charge in [-0.15, -0.1) is 12.4 Å². The van der Waals surface area contributed by atoms with E-state index in [1.54, 1.807) is 12.1 Å². The molecule has 7 nitrogen and oxygen atoms in total. The first-order chi connectivity index (χ1) is 13.0. The van der Waals surface area contributed by atoms with Gasteiger partial charge in [-0.3, -0.25) is 4.79 Å². The number of rotatable bonds is 6. The summed E-state index contributed by atoms with van der Waals surface area (Å²) in [6.45, 7) is 1.45. The summed E-state index contributed by atoms with van der Waals surface area (Å²) in [6.07, 6.45) is 0. The number of nitrogens with zero attached hydrogens (tertiary/aromatic N) is 1. The van der Waals surface area contributed by atoms with Crippen LogP contribution in [0.2, 0.25) is 0 Å². The second kappa shape index (κ2) is 9.99. The molecule has 3 N–H and O–H groups in total. The third-order valence-electron chi connectivity index (χ3n) is 4.43. The summed E-state index contributed by atoms with van der Waals surface area (Å²) in [7, 11) is -3.77. The van der Waals surface area contributed by atoms with E-state index in [0.29, 0.717) is 13.2 Å². The highest BCUT2D eigenvalue weighted by Crippen LogP contribution is 2.21. The molecule has 2 aromatic carbocycles. The highest BCUT2D eigenvalue weighted by Gasteiger charge is 2.30. The van der Waals surface area contributed by atoms with Crippen LogP contribution in [-0.4, -0.2) is 51.5 Å². The molecule has 3 rings (SSSR count). The molecule has 1 saturated heterocycles. The van der Waals surface area contributed by atoms with Crippen molar-refractivity contribution < 1.29 is 17.9 Å². The van der Waals surface area contributed by atoms with Crippen LogP contribution in [0.1, 0.15) is 22.0 Å². The Hall–Kier alpha value is -1.97. The Morgan fingerprint density at radius 3 is 2.36 bits per heavy atom. The standard InChI is InChI=1S/C19H23N3O4S.ClH/c20-17(15-6-2-1-3-7-15)14-21-19(23)16-8-4-5-9-18(16)27(24,25)22-10-12-26-13-11-22;/h1-9,17H,10-14,20H2,(H,21,23);1H. The molecule has 1 atom stereocenters. The number of morpholine rings is 1. The summed E-state index contributed by atoms with van der Waals surface area (Å²) in [6, 6.07) is 15.3. The largest absolute Gasteiger partial charge is 0.379 e. The van der Waals surface area contributed by atoms with Crippen LogP contribution in [0.5, 0.6) is 0 Å². The number of benzene rings is 2. The number of carbonyl (C=O) groups excluding carboxylic acids is 1. The van der Waals surface area contributed by atoms with E-state index in [1.807, 2.05) is 30.3 Å². The molecule has 1 amide bonds. The molecule has 1 fully saturated rings. The van der Waals surface area contributed by atoms with Crippen LogP contribution in [-0.2, 0) is 14.8 Å². The van der Waals surface area contributed by atoms with Gasteiger partial charge in [0.05, 0.1) is 23.7 Å². The van der Waals surface area contributed by atoms with Crippen LogP contribution < -0.4 is 11.1 Å². The molecule has 1 unspecified atom stereocenters. The van der Waals surface area contributed by atoms with Crippen molar-refractivity contribution in [1.29, 1.82) is 0 Å². The molecular formula is C19H24ClN3O4S. The third-order valence-corrected chi connectivity index (χ3v) is 6.39. The normalized spacial score (nSPS) is 16.0. The number of sulfonamides is 1. The molecule has 0 aliphatic carbocycles. The molecular weight excluding hydrogens is 402 g/mol. The van der Waals surface area contributed by atoms with Gasteiger partial charge in [-0.2, -0.15) is 4.31 Å². The fraction of sp³-hybridized carbons (Fsp3) is 0.316. The van der Waals surface area contributed by atoms with Gasteiger partial charge in [-0.1, -0.05) is 42.5 Å². The van der Waals surface area contributed by atoms with Crippen molar-refractivity contribution in [2.24, 2.45) is 5.73 Å². The number of nitrogens with two attached hydrogens (primary N) is 1. The van der Waals surface area contributed by atoms with Gasteiger partial charge in [0, 0.05) is 25.7 Å². The summed E-state index contributed by atoms with van der Waals surface area (Å²) >= 11 is 0. The molecule has 0 radical (unpaired) electrons. The molecule has 0 saturated carbocycles. The molecule has 0 aromatic heterocycles. The Bertz CT molecular complexity index is 887. The van der Waals surface area contributed by atoms with Crippen molar-refractivity contribution in [3.63, 3.8) is 0 Å². The highest BCUT2D eigenvalue weighted by molar-refractivity contribution is 7.89. The number of carbonyl (C=O) groups is 1. The first-order valence-corrected chi connectivity index (χ1v) is 10.2. The van der Waals surface area contributed by atoms with Crippen molar-refractivity contribution in [3.05, 3.63) is 65.7 Å². The first kappa shape index (κ1) is 22.3. The number of halogens is 1. The monoisotopic (exact) mass is 425 g/mol. The van der Waals surface area contributed by atoms with Crippen LogP contribution in [0.15, 0.2) is 59.5 Å². The molecule has 1 aliphatic heterocycles. The Kier molecular flexibility index (Phi) is 7.97. The third kappa shape index (κ3) is 5.09. The van der Waals surface area contributed by atoms with Crippen LogP contribution >= 0.6 is 12.4 Å². The number of hydrogen-bond acceptors (Lipinski definition) is 5. The van der Waals surface area contributed by atoms with E-state index in [9.17, 15) is 13.2 Å². The predicted octanol–water partition coefficient (Wildman–Crippen LogP) is 1.56. The van der Waals surface area contributed by atoms with E-state index in [0.717, 1.165) is 5.56 Å². The quantitative estimate of drug-likeness (QED) is 0.731. The van der Waals surface area contributed by atoms with Gasteiger partial charge in [0.2, 0.25) is 10.0 Å². The fourth-order valence-electron chi connectivity index (χ4n) is 2.92. The van der Waals surface area contributed by atoms with Crippen LogP contribution in [0.25, 0.3) is 0 Å². The molecule has 0 spiro atoms. The molecule has 1 heterocycles. The minimum atomic E-state index is -3.77. The van der Waals surface area contributed by atoms with E-state index in [2.05, 4.69) is 5.32 Å². The summed E-state index contributed by atoms with van der Waals surface area (Å²) < 4.78 is 32.4. The molecule has 1 aliphatic rings. The van der Waals surface area contributed by atoms with Crippen molar-refractivity contribution >= 4 is 28.3 Å². The number of ether oxygens (including phenoxy) is 1. The van der Waals surface area contributed by atoms with Crippen molar-refractivity contribution in [2.45, 2.75) is 10.9 Å². The lowest BCUT2D eigenvalue weighted by molar-refractivity contribution is 0.0730. The van der Waals surface area contributed by atoms with Crippen molar-refractivity contribution in [2.75, 3.05) is 32.8 Å². The first-order valence-electron chi connectivity index (χ1n) is 8.76. The Labute approximate surface area is 171 Å². The second-order valence-corrected chi connectivity index (χ2v) is 8.15. The summed E-state index contributed by atoms with van der Waals surface area (Å²) in [4.78, 5) is 12.7. The Morgan fingerprint density at radius 2 is 1.68 bits per heavy atom. The van der Waals surface area contributed by atoms with Gasteiger partial charge in [0.1, 0.15) is 0 Å². The SMILES string of the molecule is Cl.NC(CNC(=O)c1ccccc1S(=O)(=O)N1CCOCC1)c1ccccc1. The van der Waals surface area contributed by atoms with E-state index in [-0.39, 0.29) is 48.5 Å². The van der Waals surface area contributed by atoms with Gasteiger partial charge in [0.15, 0.2) is 0 Å². The fourth-order valence-corrected chi connectivity index (χ4v) is 4.52. The van der Waals surface area contributed by atoms with Crippen LogP contribution in [0.3, 0.4) is 0 Å². The molecule has 9 heteroatoms. The van der Waals surface area contributed by atoms with Gasteiger partial charge in [-0.25, -0.2) is 8.42 Å². The highest BCUT2D eigenvalue weighted by atomic mass is 35.5. The maximum absolute atomic E-state index is 12.9. The zero-order valence-corrected chi connectivity index (χ0v) is 16.9. The van der Waals surface area contributed by atoms with E-state index in [4.69, 9.17) is 10.5 Å². The van der Waals surface area contributed by atoms with E-state index >= 15 is 0 Å². The van der Waals surface area contributed by atoms with Crippen molar-refractivity contribution in [1.82, 2.24) is 9.62 Å². The van der Waals surface area contributed by atoms with Gasteiger partial charge in [-0.05, 0) is 17.7 Å². The van der Waals surface area contributed by atoms with Crippen LogP contribution in [0.4, 0.5) is 0 Å². The lowest BCUT2D eigenvalue weighted by atomic mass is 10.1.